The molecule has 1 fully saturated rings. The smallest absolute Gasteiger partial charge is 0.318 e. The van der Waals surface area contributed by atoms with Gasteiger partial charge in [-0.05, 0) is 32.1 Å². The second kappa shape index (κ2) is 9.20. The molecule has 17 heavy (non-hydrogen) atoms. The quantitative estimate of drug-likeness (QED) is 0.361. The van der Waals surface area contributed by atoms with Gasteiger partial charge < -0.3 is 4.84 Å². The van der Waals surface area contributed by atoms with Crippen molar-refractivity contribution >= 4 is 11.7 Å². The molecule has 3 heteroatoms. The SMILES string of the molecule is CCCCCCCCC(=O)ON=C1CCCC1. The fourth-order valence-corrected chi connectivity index (χ4v) is 2.09. The highest BCUT2D eigenvalue weighted by atomic mass is 16.7. The lowest BCUT2D eigenvalue weighted by atomic mass is 10.1. The summed E-state index contributed by atoms with van der Waals surface area (Å²) in [6, 6.07) is 0. The highest BCUT2D eigenvalue weighted by molar-refractivity contribution is 5.86. The van der Waals surface area contributed by atoms with E-state index in [2.05, 4.69) is 12.1 Å². The van der Waals surface area contributed by atoms with Gasteiger partial charge in [-0.25, -0.2) is 4.79 Å². The van der Waals surface area contributed by atoms with Crippen LogP contribution in [0.15, 0.2) is 5.16 Å². The Labute approximate surface area is 105 Å². The fourth-order valence-electron chi connectivity index (χ4n) is 2.09. The van der Waals surface area contributed by atoms with Crippen molar-refractivity contribution in [1.29, 1.82) is 0 Å². The second-order valence-electron chi connectivity index (χ2n) is 4.85. The number of unbranched alkanes of at least 4 members (excludes halogenated alkanes) is 5. The second-order valence-corrected chi connectivity index (χ2v) is 4.85. The Kier molecular flexibility index (Phi) is 7.69. The normalized spacial score (nSPS) is 15.0. The molecule has 0 aromatic heterocycles. The third-order valence-corrected chi connectivity index (χ3v) is 3.19. The third-order valence-electron chi connectivity index (χ3n) is 3.19. The first-order valence-electron chi connectivity index (χ1n) is 7.08. The van der Waals surface area contributed by atoms with Crippen LogP contribution < -0.4 is 0 Å². The predicted molar refractivity (Wildman–Crippen MR) is 70.0 cm³/mol. The molecule has 0 amide bonds. The number of oxime groups is 1. The molecule has 0 aromatic rings. The third kappa shape index (κ3) is 7.14. The molecule has 1 rings (SSSR count). The Morgan fingerprint density at radius 1 is 1.12 bits per heavy atom. The van der Waals surface area contributed by atoms with Crippen molar-refractivity contribution in [2.24, 2.45) is 5.16 Å². The molecular weight excluding hydrogens is 214 g/mol. The number of hydrogen-bond acceptors (Lipinski definition) is 3. The van der Waals surface area contributed by atoms with E-state index >= 15 is 0 Å². The predicted octanol–water partition coefficient (Wildman–Crippen LogP) is 4.21. The molecule has 0 aromatic carbocycles. The zero-order valence-electron chi connectivity index (χ0n) is 11.0. The standard InChI is InChI=1S/C14H25NO2/c1-2-3-4-5-6-7-12-14(16)17-15-13-10-8-9-11-13/h2-12H2,1H3. The Bertz CT molecular complexity index is 241. The van der Waals surface area contributed by atoms with Crippen molar-refractivity contribution in [1.82, 2.24) is 0 Å². The first kappa shape index (κ1) is 14.2. The van der Waals surface area contributed by atoms with Gasteiger partial charge in [0.15, 0.2) is 0 Å². The zero-order valence-corrected chi connectivity index (χ0v) is 11.0. The monoisotopic (exact) mass is 239 g/mol. The first-order valence-corrected chi connectivity index (χ1v) is 7.08. The van der Waals surface area contributed by atoms with Crippen molar-refractivity contribution < 1.29 is 9.63 Å². The van der Waals surface area contributed by atoms with Crippen molar-refractivity contribution in [2.45, 2.75) is 77.6 Å². The largest absolute Gasteiger partial charge is 0.335 e. The van der Waals surface area contributed by atoms with Gasteiger partial charge in [0, 0.05) is 6.42 Å². The van der Waals surface area contributed by atoms with Crippen LogP contribution in [0.3, 0.4) is 0 Å². The van der Waals surface area contributed by atoms with Crippen LogP contribution in [0.5, 0.6) is 0 Å². The topological polar surface area (TPSA) is 38.7 Å². The molecule has 0 N–H and O–H groups in total. The Morgan fingerprint density at radius 3 is 2.47 bits per heavy atom. The molecular formula is C14H25NO2. The van der Waals surface area contributed by atoms with E-state index in [0.717, 1.165) is 31.4 Å². The van der Waals surface area contributed by atoms with E-state index < -0.39 is 0 Å². The van der Waals surface area contributed by atoms with Gasteiger partial charge in [0.05, 0.1) is 5.71 Å². The van der Waals surface area contributed by atoms with E-state index in [0.29, 0.717) is 6.42 Å². The number of hydrogen-bond donors (Lipinski definition) is 0. The summed E-state index contributed by atoms with van der Waals surface area (Å²) < 4.78 is 0. The summed E-state index contributed by atoms with van der Waals surface area (Å²) in [7, 11) is 0. The van der Waals surface area contributed by atoms with Crippen LogP contribution in [0.4, 0.5) is 0 Å². The van der Waals surface area contributed by atoms with E-state index in [9.17, 15) is 4.79 Å². The highest BCUT2D eigenvalue weighted by Crippen LogP contribution is 2.15. The summed E-state index contributed by atoms with van der Waals surface area (Å²) in [5, 5.41) is 3.92. The van der Waals surface area contributed by atoms with Gasteiger partial charge in [0.2, 0.25) is 0 Å². The molecule has 0 radical (unpaired) electrons. The van der Waals surface area contributed by atoms with Crippen LogP contribution in [0, 0.1) is 0 Å². The van der Waals surface area contributed by atoms with Crippen molar-refractivity contribution in [3.63, 3.8) is 0 Å². The summed E-state index contributed by atoms with van der Waals surface area (Å²) in [5.74, 6) is -0.167. The fraction of sp³-hybridized carbons (Fsp3) is 0.857. The maximum Gasteiger partial charge on any atom is 0.335 e. The summed E-state index contributed by atoms with van der Waals surface area (Å²) in [4.78, 5) is 16.3. The molecule has 0 spiro atoms. The lowest BCUT2D eigenvalue weighted by Crippen LogP contribution is -2.02. The minimum absolute atomic E-state index is 0.167. The lowest BCUT2D eigenvalue weighted by molar-refractivity contribution is -0.143. The van der Waals surface area contributed by atoms with Crippen molar-refractivity contribution in [3.8, 4) is 0 Å². The van der Waals surface area contributed by atoms with E-state index in [1.165, 1.54) is 38.5 Å². The maximum absolute atomic E-state index is 11.4. The van der Waals surface area contributed by atoms with Crippen LogP contribution in [-0.2, 0) is 9.63 Å². The molecule has 1 aliphatic rings. The van der Waals surface area contributed by atoms with Gasteiger partial charge in [-0.2, -0.15) is 0 Å². The molecule has 0 bridgehead atoms. The van der Waals surface area contributed by atoms with E-state index in [-0.39, 0.29) is 5.97 Å². The number of nitrogens with zero attached hydrogens (tertiary/aromatic N) is 1. The molecule has 0 saturated heterocycles. The summed E-state index contributed by atoms with van der Waals surface area (Å²) >= 11 is 0. The van der Waals surface area contributed by atoms with Gasteiger partial charge in [-0.3, -0.25) is 0 Å². The van der Waals surface area contributed by atoms with Crippen molar-refractivity contribution in [2.75, 3.05) is 0 Å². The van der Waals surface area contributed by atoms with Crippen LogP contribution in [0.1, 0.15) is 77.6 Å². The molecule has 98 valence electrons. The molecule has 1 saturated carbocycles. The minimum atomic E-state index is -0.167. The van der Waals surface area contributed by atoms with Crippen molar-refractivity contribution in [3.05, 3.63) is 0 Å². The molecule has 1 aliphatic carbocycles. The molecule has 0 unspecified atom stereocenters. The van der Waals surface area contributed by atoms with Gasteiger partial charge >= 0.3 is 5.97 Å². The molecule has 0 atom stereocenters. The summed E-state index contributed by atoms with van der Waals surface area (Å²) in [6.07, 6.45) is 12.1. The highest BCUT2D eigenvalue weighted by Gasteiger charge is 2.09. The Hall–Kier alpha value is -0.860. The Morgan fingerprint density at radius 2 is 1.76 bits per heavy atom. The average Bonchev–Trinajstić information content (AvgIpc) is 2.84. The minimum Gasteiger partial charge on any atom is -0.318 e. The van der Waals surface area contributed by atoms with E-state index in [1.54, 1.807) is 0 Å². The number of carbonyl (C=O) groups is 1. The number of rotatable bonds is 8. The zero-order chi connectivity index (χ0) is 12.3. The van der Waals surface area contributed by atoms with Crippen LogP contribution >= 0.6 is 0 Å². The maximum atomic E-state index is 11.4. The average molecular weight is 239 g/mol. The van der Waals surface area contributed by atoms with Crippen LogP contribution in [0.25, 0.3) is 0 Å². The molecule has 0 aliphatic heterocycles. The Balaban J connectivity index is 1.95. The molecule has 0 heterocycles. The van der Waals surface area contributed by atoms with Gasteiger partial charge in [0.1, 0.15) is 0 Å². The molecule has 3 nitrogen and oxygen atoms in total. The van der Waals surface area contributed by atoms with Gasteiger partial charge in [-0.1, -0.05) is 44.2 Å². The van der Waals surface area contributed by atoms with E-state index in [1.807, 2.05) is 0 Å². The lowest BCUT2D eigenvalue weighted by Gasteiger charge is -2.00. The van der Waals surface area contributed by atoms with Gasteiger partial charge in [0.25, 0.3) is 0 Å². The summed E-state index contributed by atoms with van der Waals surface area (Å²) in [5.41, 5.74) is 1.06. The van der Waals surface area contributed by atoms with Crippen LogP contribution in [0.2, 0.25) is 0 Å². The van der Waals surface area contributed by atoms with E-state index in [4.69, 9.17) is 4.84 Å². The van der Waals surface area contributed by atoms with Crippen LogP contribution in [-0.4, -0.2) is 11.7 Å². The van der Waals surface area contributed by atoms with Gasteiger partial charge in [-0.15, -0.1) is 0 Å². The summed E-state index contributed by atoms with van der Waals surface area (Å²) in [6.45, 7) is 2.21. The number of carbonyl (C=O) groups excluding carboxylic acids is 1. The first-order chi connectivity index (χ1) is 8.33.